The fourth-order valence-electron chi connectivity index (χ4n) is 4.41. The summed E-state index contributed by atoms with van der Waals surface area (Å²) in [6.45, 7) is 8.73. The second kappa shape index (κ2) is 9.54. The zero-order valence-electron chi connectivity index (χ0n) is 19.6. The maximum absolute atomic E-state index is 13.7. The van der Waals surface area contributed by atoms with Crippen LogP contribution in [0.5, 0.6) is 0 Å². The molecule has 2 N–H and O–H groups in total. The predicted octanol–water partition coefficient (Wildman–Crippen LogP) is 7.32. The fourth-order valence-corrected chi connectivity index (χ4v) is 5.53. The zero-order chi connectivity index (χ0) is 22.9. The zero-order valence-corrected chi connectivity index (χ0v) is 21.2. The molecule has 2 aromatic carbocycles. The number of ketones is 1. The standard InChI is InChI=1S/C26H33N3OS2/c1-17-9-11-20(13-17)29-16-23(22-12-10-19(27-31-5)15-24(22)29)25(30)18-7-6-8-21(14-18)32-28-26(2,3)4/h6-8,10,12,14-17,20,27-28H,9,11,13H2,1-5H3. The molecule has 0 bridgehead atoms. The Morgan fingerprint density at radius 1 is 1.12 bits per heavy atom. The number of fused-ring (bicyclic) bond motifs is 1. The van der Waals surface area contributed by atoms with Gasteiger partial charge in [0.05, 0.1) is 5.52 Å². The predicted molar refractivity (Wildman–Crippen MR) is 140 cm³/mol. The second-order valence-corrected chi connectivity index (χ2v) is 11.4. The molecule has 1 heterocycles. The Bertz CT molecular complexity index is 1120. The first-order valence-electron chi connectivity index (χ1n) is 11.3. The number of carbonyl (C=O) groups is 1. The molecule has 4 nitrogen and oxygen atoms in total. The van der Waals surface area contributed by atoms with Crippen LogP contribution < -0.4 is 9.44 Å². The van der Waals surface area contributed by atoms with E-state index >= 15 is 0 Å². The summed E-state index contributed by atoms with van der Waals surface area (Å²) in [6.07, 6.45) is 7.71. The van der Waals surface area contributed by atoms with Crippen LogP contribution in [0.4, 0.5) is 5.69 Å². The van der Waals surface area contributed by atoms with Crippen molar-refractivity contribution in [3.63, 3.8) is 0 Å². The van der Waals surface area contributed by atoms with Gasteiger partial charge in [-0.05, 0) is 82.2 Å². The summed E-state index contributed by atoms with van der Waals surface area (Å²) in [5, 5.41) is 1.03. The molecule has 0 radical (unpaired) electrons. The maximum Gasteiger partial charge on any atom is 0.195 e. The van der Waals surface area contributed by atoms with Crippen molar-refractivity contribution < 1.29 is 4.79 Å². The van der Waals surface area contributed by atoms with Crippen molar-refractivity contribution in [1.82, 2.24) is 9.29 Å². The Morgan fingerprint density at radius 2 is 1.94 bits per heavy atom. The van der Waals surface area contributed by atoms with Crippen LogP contribution in [0.15, 0.2) is 53.6 Å². The summed E-state index contributed by atoms with van der Waals surface area (Å²) in [4.78, 5) is 14.7. The highest BCUT2D eigenvalue weighted by molar-refractivity contribution is 7.99. The van der Waals surface area contributed by atoms with Crippen LogP contribution in [-0.4, -0.2) is 22.1 Å². The highest BCUT2D eigenvalue weighted by atomic mass is 32.2. The summed E-state index contributed by atoms with van der Waals surface area (Å²) in [5.41, 5.74) is 3.74. The maximum atomic E-state index is 13.7. The van der Waals surface area contributed by atoms with Crippen molar-refractivity contribution in [3.8, 4) is 0 Å². The number of hydrogen-bond acceptors (Lipinski definition) is 5. The first-order valence-corrected chi connectivity index (χ1v) is 13.3. The van der Waals surface area contributed by atoms with E-state index in [-0.39, 0.29) is 11.3 Å². The minimum absolute atomic E-state index is 0.000954. The number of nitrogens with zero attached hydrogens (tertiary/aromatic N) is 1. The average Bonchev–Trinajstić information content (AvgIpc) is 3.35. The summed E-state index contributed by atoms with van der Waals surface area (Å²) in [6, 6.07) is 14.7. The number of anilines is 1. The summed E-state index contributed by atoms with van der Waals surface area (Å²) in [5.74, 6) is 0.816. The highest BCUT2D eigenvalue weighted by Gasteiger charge is 2.26. The van der Waals surface area contributed by atoms with E-state index in [1.54, 1.807) is 23.9 Å². The topological polar surface area (TPSA) is 46.1 Å². The van der Waals surface area contributed by atoms with Crippen molar-refractivity contribution in [2.45, 2.75) is 63.4 Å². The van der Waals surface area contributed by atoms with E-state index < -0.39 is 0 Å². The number of carbonyl (C=O) groups excluding carboxylic acids is 1. The average molecular weight is 468 g/mol. The molecule has 1 fully saturated rings. The Labute approximate surface area is 200 Å². The van der Waals surface area contributed by atoms with Crippen LogP contribution in [0.3, 0.4) is 0 Å². The Morgan fingerprint density at radius 3 is 2.62 bits per heavy atom. The van der Waals surface area contributed by atoms with E-state index in [0.717, 1.165) is 38.5 Å². The Kier molecular flexibility index (Phi) is 6.94. The van der Waals surface area contributed by atoms with E-state index in [9.17, 15) is 4.79 Å². The smallest absolute Gasteiger partial charge is 0.195 e. The molecule has 0 aliphatic heterocycles. The molecular weight excluding hydrogens is 434 g/mol. The normalized spacial score (nSPS) is 18.9. The fraction of sp³-hybridized carbons (Fsp3) is 0.423. The van der Waals surface area contributed by atoms with Crippen LogP contribution in [0.1, 0.15) is 68.9 Å². The minimum atomic E-state index is -0.000954. The molecule has 1 aliphatic rings. The number of aromatic nitrogens is 1. The summed E-state index contributed by atoms with van der Waals surface area (Å²) >= 11 is 3.16. The van der Waals surface area contributed by atoms with Gasteiger partial charge in [-0.3, -0.25) is 9.52 Å². The molecule has 4 rings (SSSR count). The largest absolute Gasteiger partial charge is 0.344 e. The van der Waals surface area contributed by atoms with Crippen molar-refractivity contribution in [3.05, 3.63) is 59.8 Å². The van der Waals surface area contributed by atoms with Crippen LogP contribution >= 0.6 is 23.9 Å². The molecule has 2 atom stereocenters. The van der Waals surface area contributed by atoms with Gasteiger partial charge in [0.1, 0.15) is 0 Å². The van der Waals surface area contributed by atoms with Gasteiger partial charge in [-0.2, -0.15) is 0 Å². The molecular formula is C26H33N3OS2. The van der Waals surface area contributed by atoms with Crippen molar-refractivity contribution in [1.29, 1.82) is 0 Å². The third-order valence-electron chi connectivity index (χ3n) is 5.93. The third kappa shape index (κ3) is 5.19. The Hall–Kier alpha value is -1.89. The number of benzene rings is 2. The minimum Gasteiger partial charge on any atom is -0.344 e. The lowest BCUT2D eigenvalue weighted by atomic mass is 10.0. The Balaban J connectivity index is 1.71. The van der Waals surface area contributed by atoms with Gasteiger partial charge in [-0.1, -0.05) is 37.1 Å². The van der Waals surface area contributed by atoms with Gasteiger partial charge in [-0.15, -0.1) is 0 Å². The molecule has 0 amide bonds. The van der Waals surface area contributed by atoms with Crippen LogP contribution in [-0.2, 0) is 0 Å². The molecule has 0 spiro atoms. The van der Waals surface area contributed by atoms with E-state index in [0.29, 0.717) is 6.04 Å². The molecule has 1 aromatic heterocycles. The van der Waals surface area contributed by atoms with E-state index in [1.807, 2.05) is 30.5 Å². The molecule has 0 saturated heterocycles. The lowest BCUT2D eigenvalue weighted by Gasteiger charge is -2.19. The van der Waals surface area contributed by atoms with Crippen LogP contribution in [0.2, 0.25) is 0 Å². The lowest BCUT2D eigenvalue weighted by molar-refractivity contribution is 0.104. The van der Waals surface area contributed by atoms with Gasteiger partial charge >= 0.3 is 0 Å². The van der Waals surface area contributed by atoms with E-state index in [2.05, 4.69) is 66.1 Å². The lowest BCUT2D eigenvalue weighted by Crippen LogP contribution is -2.29. The molecule has 3 aromatic rings. The first-order chi connectivity index (χ1) is 15.2. The summed E-state index contributed by atoms with van der Waals surface area (Å²) in [7, 11) is 0. The molecule has 170 valence electrons. The van der Waals surface area contributed by atoms with Gasteiger partial charge in [0, 0.05) is 51.1 Å². The van der Waals surface area contributed by atoms with Crippen molar-refractivity contribution >= 4 is 46.3 Å². The molecule has 6 heteroatoms. The van der Waals surface area contributed by atoms with Gasteiger partial charge in [-0.25, -0.2) is 0 Å². The molecule has 1 aliphatic carbocycles. The van der Waals surface area contributed by atoms with Gasteiger partial charge in [0.25, 0.3) is 0 Å². The summed E-state index contributed by atoms with van der Waals surface area (Å²) < 4.78 is 9.13. The molecule has 1 saturated carbocycles. The highest BCUT2D eigenvalue weighted by Crippen LogP contribution is 2.39. The SMILES string of the molecule is CSNc1ccc2c(C(=O)c3cccc(SNC(C)(C)C)c3)cn(C3CCC(C)C3)c2c1. The second-order valence-electron chi connectivity index (χ2n) is 9.87. The van der Waals surface area contributed by atoms with E-state index in [1.165, 1.54) is 19.3 Å². The number of nitrogens with one attached hydrogen (secondary N) is 2. The van der Waals surface area contributed by atoms with Crippen molar-refractivity contribution in [2.24, 2.45) is 5.92 Å². The monoisotopic (exact) mass is 467 g/mol. The van der Waals surface area contributed by atoms with E-state index in [4.69, 9.17) is 0 Å². The van der Waals surface area contributed by atoms with Crippen LogP contribution in [0.25, 0.3) is 10.9 Å². The molecule has 32 heavy (non-hydrogen) atoms. The molecule has 2 unspecified atom stereocenters. The van der Waals surface area contributed by atoms with Gasteiger partial charge in [0.2, 0.25) is 0 Å². The van der Waals surface area contributed by atoms with Gasteiger partial charge < -0.3 is 9.29 Å². The van der Waals surface area contributed by atoms with Crippen LogP contribution in [0, 0.1) is 5.92 Å². The third-order valence-corrected chi connectivity index (χ3v) is 7.57. The van der Waals surface area contributed by atoms with Gasteiger partial charge in [0.15, 0.2) is 5.78 Å². The van der Waals surface area contributed by atoms with Crippen molar-refractivity contribution in [2.75, 3.05) is 11.0 Å². The first kappa shape index (κ1) is 23.3. The quantitative estimate of drug-likeness (QED) is 0.282. The number of rotatable bonds is 7. The number of hydrogen-bond donors (Lipinski definition) is 2.